The van der Waals surface area contributed by atoms with Crippen LogP contribution in [0.25, 0.3) is 0 Å². The van der Waals surface area contributed by atoms with Crippen LogP contribution in [0.1, 0.15) is 38.5 Å². The van der Waals surface area contributed by atoms with E-state index in [0.717, 1.165) is 18.8 Å². The molecule has 0 spiro atoms. The minimum atomic E-state index is -2.87. The van der Waals surface area contributed by atoms with Gasteiger partial charge in [-0.2, -0.15) is 5.26 Å². The van der Waals surface area contributed by atoms with E-state index in [-0.39, 0.29) is 11.2 Å². The zero-order valence-corrected chi connectivity index (χ0v) is 10.6. The second kappa shape index (κ2) is 4.03. The van der Waals surface area contributed by atoms with Gasteiger partial charge in [0.05, 0.1) is 11.5 Å². The summed E-state index contributed by atoms with van der Waals surface area (Å²) in [5.74, 6) is 1.51. The molecule has 2 aliphatic carbocycles. The largest absolute Gasteiger partial charge is 0.229 e. The fourth-order valence-electron chi connectivity index (χ4n) is 3.59. The van der Waals surface area contributed by atoms with Crippen molar-refractivity contribution in [3.8, 4) is 6.07 Å². The normalized spacial score (nSPS) is 37.5. The molecule has 16 heavy (non-hydrogen) atoms. The lowest BCUT2D eigenvalue weighted by atomic mass is 9.71. The summed E-state index contributed by atoms with van der Waals surface area (Å²) in [5, 5.41) is 9.37. The Balaban J connectivity index is 1.95. The van der Waals surface area contributed by atoms with Gasteiger partial charge in [-0.3, -0.25) is 0 Å². The van der Waals surface area contributed by atoms with Crippen LogP contribution in [-0.2, 0) is 9.84 Å². The summed E-state index contributed by atoms with van der Waals surface area (Å²) >= 11 is 0. The van der Waals surface area contributed by atoms with Crippen LogP contribution >= 0.6 is 0 Å². The summed E-state index contributed by atoms with van der Waals surface area (Å²) < 4.78 is 22.1. The van der Waals surface area contributed by atoms with E-state index < -0.39 is 9.84 Å². The maximum absolute atomic E-state index is 11.1. The average molecular weight is 241 g/mol. The third-order valence-electron chi connectivity index (χ3n) is 4.34. The van der Waals surface area contributed by atoms with Crippen molar-refractivity contribution in [1.82, 2.24) is 0 Å². The van der Waals surface area contributed by atoms with Crippen molar-refractivity contribution >= 4 is 9.84 Å². The van der Waals surface area contributed by atoms with Gasteiger partial charge >= 0.3 is 0 Å². The first-order chi connectivity index (χ1) is 7.45. The lowest BCUT2D eigenvalue weighted by Gasteiger charge is -2.30. The standard InChI is InChI=1S/C12H19NO2S/c1-16(14,15)6-2-5-12(9-13)8-10-3-4-11(12)7-10/h10-11H,2-8H2,1H3. The van der Waals surface area contributed by atoms with Crippen LogP contribution in [0.2, 0.25) is 0 Å². The molecule has 0 N–H and O–H groups in total. The first-order valence-corrected chi connectivity index (χ1v) is 8.10. The van der Waals surface area contributed by atoms with E-state index in [9.17, 15) is 13.7 Å². The van der Waals surface area contributed by atoms with Crippen molar-refractivity contribution in [3.63, 3.8) is 0 Å². The summed E-state index contributed by atoms with van der Waals surface area (Å²) in [6, 6.07) is 2.50. The van der Waals surface area contributed by atoms with Gasteiger partial charge in [0.15, 0.2) is 0 Å². The number of sulfone groups is 1. The van der Waals surface area contributed by atoms with Crippen molar-refractivity contribution in [1.29, 1.82) is 5.26 Å². The fourth-order valence-corrected chi connectivity index (χ4v) is 4.26. The molecule has 0 aromatic carbocycles. The van der Waals surface area contributed by atoms with Crippen molar-refractivity contribution in [2.75, 3.05) is 12.0 Å². The number of nitriles is 1. The maximum atomic E-state index is 11.1. The minimum Gasteiger partial charge on any atom is -0.229 e. The molecule has 4 heteroatoms. The topological polar surface area (TPSA) is 57.9 Å². The average Bonchev–Trinajstić information content (AvgIpc) is 2.75. The third kappa shape index (κ3) is 2.24. The molecule has 0 radical (unpaired) electrons. The number of hydrogen-bond acceptors (Lipinski definition) is 3. The molecule has 90 valence electrons. The lowest BCUT2D eigenvalue weighted by molar-refractivity contribution is 0.222. The Morgan fingerprint density at radius 3 is 2.62 bits per heavy atom. The van der Waals surface area contributed by atoms with E-state index in [4.69, 9.17) is 0 Å². The fraction of sp³-hybridized carbons (Fsp3) is 0.917. The van der Waals surface area contributed by atoms with Gasteiger partial charge in [-0.05, 0) is 43.9 Å². The first-order valence-electron chi connectivity index (χ1n) is 6.04. The van der Waals surface area contributed by atoms with Crippen molar-refractivity contribution in [2.45, 2.75) is 38.5 Å². The van der Waals surface area contributed by atoms with Gasteiger partial charge in [-0.15, -0.1) is 0 Å². The summed E-state index contributed by atoms with van der Waals surface area (Å²) in [7, 11) is -2.87. The molecule has 2 fully saturated rings. The Morgan fingerprint density at radius 1 is 1.44 bits per heavy atom. The van der Waals surface area contributed by atoms with E-state index >= 15 is 0 Å². The number of rotatable bonds is 4. The molecule has 2 bridgehead atoms. The molecule has 2 rings (SSSR count). The summed E-state index contributed by atoms with van der Waals surface area (Å²) in [6.45, 7) is 0. The molecule has 2 aliphatic rings. The molecule has 0 aromatic heterocycles. The van der Waals surface area contributed by atoms with E-state index in [1.54, 1.807) is 0 Å². The summed E-state index contributed by atoms with van der Waals surface area (Å²) in [4.78, 5) is 0. The zero-order chi connectivity index (χ0) is 11.8. The highest BCUT2D eigenvalue weighted by Gasteiger charge is 2.50. The second-order valence-corrected chi connectivity index (χ2v) is 7.84. The Hall–Kier alpha value is -0.560. The Bertz CT molecular complexity index is 409. The van der Waals surface area contributed by atoms with Crippen molar-refractivity contribution < 1.29 is 8.42 Å². The van der Waals surface area contributed by atoms with E-state index in [1.807, 2.05) is 0 Å². The van der Waals surface area contributed by atoms with Gasteiger partial charge in [-0.1, -0.05) is 6.42 Å². The summed E-state index contributed by atoms with van der Waals surface area (Å²) in [6.07, 6.45) is 7.36. The Morgan fingerprint density at radius 2 is 2.19 bits per heavy atom. The van der Waals surface area contributed by atoms with E-state index in [1.165, 1.54) is 25.5 Å². The first kappa shape index (κ1) is 11.9. The molecular formula is C12H19NO2S. The highest BCUT2D eigenvalue weighted by atomic mass is 32.2. The molecule has 2 saturated carbocycles. The van der Waals surface area contributed by atoms with Crippen LogP contribution in [-0.4, -0.2) is 20.4 Å². The second-order valence-electron chi connectivity index (χ2n) is 5.58. The molecule has 0 aliphatic heterocycles. The van der Waals surface area contributed by atoms with Crippen LogP contribution in [0.3, 0.4) is 0 Å². The van der Waals surface area contributed by atoms with Crippen LogP contribution < -0.4 is 0 Å². The lowest BCUT2D eigenvalue weighted by Crippen LogP contribution is -2.26. The van der Waals surface area contributed by atoms with Crippen LogP contribution in [0, 0.1) is 28.6 Å². The van der Waals surface area contributed by atoms with Crippen LogP contribution in [0.4, 0.5) is 0 Å². The maximum Gasteiger partial charge on any atom is 0.147 e. The molecule has 0 saturated heterocycles. The van der Waals surface area contributed by atoms with Gasteiger partial charge < -0.3 is 0 Å². The minimum absolute atomic E-state index is 0.187. The number of nitrogens with zero attached hydrogens (tertiary/aromatic N) is 1. The van der Waals surface area contributed by atoms with Gasteiger partial charge in [0.25, 0.3) is 0 Å². The molecule has 3 nitrogen and oxygen atoms in total. The van der Waals surface area contributed by atoms with Crippen LogP contribution in [0.15, 0.2) is 0 Å². The van der Waals surface area contributed by atoms with E-state index in [2.05, 4.69) is 6.07 Å². The van der Waals surface area contributed by atoms with Gasteiger partial charge in [0.1, 0.15) is 9.84 Å². The molecule has 3 unspecified atom stereocenters. The predicted molar refractivity (Wildman–Crippen MR) is 62.4 cm³/mol. The SMILES string of the molecule is CS(=O)(=O)CCCC1(C#N)CC2CCC1C2. The number of fused-ring (bicyclic) bond motifs is 2. The predicted octanol–water partition coefficient (Wildman–Crippen LogP) is 2.14. The molecule has 0 amide bonds. The third-order valence-corrected chi connectivity index (χ3v) is 5.37. The monoisotopic (exact) mass is 241 g/mol. The highest BCUT2D eigenvalue weighted by molar-refractivity contribution is 7.90. The van der Waals surface area contributed by atoms with Crippen LogP contribution in [0.5, 0.6) is 0 Å². The molecule has 3 atom stereocenters. The van der Waals surface area contributed by atoms with Gasteiger partial charge in [0, 0.05) is 12.0 Å². The van der Waals surface area contributed by atoms with Crippen molar-refractivity contribution in [2.24, 2.45) is 17.3 Å². The number of hydrogen-bond donors (Lipinski definition) is 0. The smallest absolute Gasteiger partial charge is 0.147 e. The molecule has 0 heterocycles. The summed E-state index contributed by atoms with van der Waals surface area (Å²) in [5.41, 5.74) is -0.187. The van der Waals surface area contributed by atoms with Gasteiger partial charge in [-0.25, -0.2) is 8.42 Å². The molecule has 0 aromatic rings. The quantitative estimate of drug-likeness (QED) is 0.757. The Kier molecular flexibility index (Phi) is 3.00. The van der Waals surface area contributed by atoms with Crippen molar-refractivity contribution in [3.05, 3.63) is 0 Å². The Labute approximate surface area is 97.8 Å². The van der Waals surface area contributed by atoms with E-state index in [0.29, 0.717) is 12.3 Å². The molecular weight excluding hydrogens is 222 g/mol. The van der Waals surface area contributed by atoms with Gasteiger partial charge in [0.2, 0.25) is 0 Å². The highest BCUT2D eigenvalue weighted by Crippen LogP contribution is 2.57. The zero-order valence-electron chi connectivity index (χ0n) is 9.78.